The van der Waals surface area contributed by atoms with Gasteiger partial charge in [0, 0.05) is 13.0 Å². The van der Waals surface area contributed by atoms with Crippen molar-refractivity contribution in [2.75, 3.05) is 19.8 Å². The van der Waals surface area contributed by atoms with E-state index in [1.807, 2.05) is 0 Å². The van der Waals surface area contributed by atoms with E-state index in [1.165, 1.54) is 89.9 Å². The molecule has 0 fully saturated rings. The van der Waals surface area contributed by atoms with E-state index in [0.717, 1.165) is 51.4 Å². The van der Waals surface area contributed by atoms with E-state index in [-0.39, 0.29) is 78.7 Å². The summed E-state index contributed by atoms with van der Waals surface area (Å²) in [5.41, 5.74) is 0. The van der Waals surface area contributed by atoms with Crippen molar-refractivity contribution in [2.45, 2.75) is 173 Å². The number of carbonyl (C=O) groups is 2. The van der Waals surface area contributed by atoms with Gasteiger partial charge in [-0.15, -0.1) is 0 Å². The number of ether oxygens (including phenoxy) is 2. The molecule has 0 amide bonds. The fourth-order valence-corrected chi connectivity index (χ4v) is 5.75. The van der Waals surface area contributed by atoms with Gasteiger partial charge >= 0.3 is 65.1 Å². The number of unbranched alkanes of at least 4 members (excludes halogenated alkanes) is 20. The van der Waals surface area contributed by atoms with Crippen molar-refractivity contribution in [3.63, 3.8) is 0 Å². The van der Waals surface area contributed by atoms with E-state index < -0.39 is 27.1 Å². The van der Waals surface area contributed by atoms with Crippen LogP contribution < -0.4 is 0 Å². The molecule has 0 saturated carbocycles. The second kappa shape index (κ2) is 36.6. The van der Waals surface area contributed by atoms with Crippen LogP contribution in [0.2, 0.25) is 0 Å². The first-order valence-electron chi connectivity index (χ1n) is 17.2. The van der Waals surface area contributed by atoms with Crippen LogP contribution >= 0.6 is 0 Å². The SMILES string of the molecule is CCCCCCCC/C=C\CCCCCCCC(=O)C(C(=O)OCCOCCCCCCCCCCCC)S(=O)(=O)O.[NaH].[NaH]. The molecule has 0 aliphatic rings. The molecule has 1 atom stereocenters. The third-order valence-electron chi connectivity index (χ3n) is 7.60. The van der Waals surface area contributed by atoms with Gasteiger partial charge in [0.2, 0.25) is 5.25 Å². The van der Waals surface area contributed by atoms with E-state index in [2.05, 4.69) is 26.0 Å². The summed E-state index contributed by atoms with van der Waals surface area (Å²) in [5.74, 6) is -2.04. The average Bonchev–Trinajstić information content (AvgIpc) is 2.94. The Morgan fingerprint density at radius 2 is 1.00 bits per heavy atom. The van der Waals surface area contributed by atoms with Gasteiger partial charge in [-0.05, 0) is 38.5 Å². The first-order chi connectivity index (χ1) is 20.3. The normalized spacial score (nSPS) is 12.1. The first kappa shape index (κ1) is 49.1. The molecule has 0 aliphatic heterocycles. The number of allylic oxidation sites excluding steroid dienone is 2. The van der Waals surface area contributed by atoms with E-state index in [9.17, 15) is 22.6 Å². The minimum atomic E-state index is -4.88. The van der Waals surface area contributed by atoms with Crippen molar-refractivity contribution < 1.29 is 32.0 Å². The topological polar surface area (TPSA) is 107 Å². The van der Waals surface area contributed by atoms with Crippen molar-refractivity contribution in [1.82, 2.24) is 0 Å². The molecule has 1 unspecified atom stereocenters. The van der Waals surface area contributed by atoms with Gasteiger partial charge in [-0.25, -0.2) is 0 Å². The zero-order chi connectivity index (χ0) is 31.2. The standard InChI is InChI=1S/C34H64O7S.2Na.2H/c1-3-5-7-9-11-13-15-16-17-18-19-20-22-24-26-28-32(35)33(42(37,38)39)34(36)41-31-30-40-29-27-25-23-21-14-12-10-8-6-4-2;;;;/h16-17,33H,3-15,18-31H2,1-2H3,(H,37,38,39);;;;/b17-16-;;;;. The van der Waals surface area contributed by atoms with Crippen molar-refractivity contribution in [3.8, 4) is 0 Å². The summed E-state index contributed by atoms with van der Waals surface area (Å²) in [4.78, 5) is 24.7. The predicted molar refractivity (Wildman–Crippen MR) is 188 cm³/mol. The van der Waals surface area contributed by atoms with Crippen LogP contribution in [0, 0.1) is 0 Å². The fraction of sp³-hybridized carbons (Fsp3) is 0.882. The third kappa shape index (κ3) is 32.7. The Hall–Kier alpha value is 0.750. The molecule has 0 aromatic heterocycles. The van der Waals surface area contributed by atoms with Gasteiger partial charge in [-0.1, -0.05) is 135 Å². The van der Waals surface area contributed by atoms with Gasteiger partial charge in [0.05, 0.1) is 6.61 Å². The Labute approximate surface area is 315 Å². The Bertz CT molecular complexity index is 776. The molecule has 7 nitrogen and oxygen atoms in total. The zero-order valence-corrected chi connectivity index (χ0v) is 27.9. The second-order valence-electron chi connectivity index (χ2n) is 11.7. The molecule has 0 heterocycles. The van der Waals surface area contributed by atoms with Crippen LogP contribution in [0.25, 0.3) is 0 Å². The average molecular weight is 665 g/mol. The van der Waals surface area contributed by atoms with Crippen molar-refractivity contribution in [2.24, 2.45) is 0 Å². The van der Waals surface area contributed by atoms with Gasteiger partial charge in [0.1, 0.15) is 6.61 Å². The van der Waals surface area contributed by atoms with Gasteiger partial charge < -0.3 is 9.47 Å². The van der Waals surface area contributed by atoms with E-state index >= 15 is 0 Å². The van der Waals surface area contributed by atoms with E-state index in [4.69, 9.17) is 9.47 Å². The number of Topliss-reactive ketones (excluding diaryl/α,β-unsaturated/α-hetero) is 1. The summed E-state index contributed by atoms with van der Waals surface area (Å²) in [6, 6.07) is 0. The van der Waals surface area contributed by atoms with Crippen LogP contribution in [0.15, 0.2) is 12.2 Å². The summed E-state index contributed by atoms with van der Waals surface area (Å²) in [6.45, 7) is 4.99. The quantitative estimate of drug-likeness (QED) is 0.0194. The van der Waals surface area contributed by atoms with Gasteiger partial charge in [-0.2, -0.15) is 8.42 Å². The number of rotatable bonds is 32. The molecule has 1 N–H and O–H groups in total. The molecule has 0 aliphatic carbocycles. The molecule has 252 valence electrons. The molecule has 0 saturated heterocycles. The molecular formula is C34H66Na2O7S. The third-order valence-corrected chi connectivity index (χ3v) is 8.65. The zero-order valence-electron chi connectivity index (χ0n) is 27.1. The van der Waals surface area contributed by atoms with Crippen LogP contribution in [0.1, 0.15) is 168 Å². The number of hydrogen-bond donors (Lipinski definition) is 1. The summed E-state index contributed by atoms with van der Waals surface area (Å²) in [5, 5.41) is -2.17. The molecule has 0 radical (unpaired) electrons. The molecular weight excluding hydrogens is 598 g/mol. The molecule has 10 heteroatoms. The summed E-state index contributed by atoms with van der Waals surface area (Å²) >= 11 is 0. The maximum atomic E-state index is 12.4. The Kier molecular flexibility index (Phi) is 40.9. The Morgan fingerprint density at radius 3 is 1.45 bits per heavy atom. The number of ketones is 1. The van der Waals surface area contributed by atoms with Crippen molar-refractivity contribution in [1.29, 1.82) is 0 Å². The van der Waals surface area contributed by atoms with Gasteiger partial charge in [-0.3, -0.25) is 14.1 Å². The van der Waals surface area contributed by atoms with Crippen molar-refractivity contribution >= 4 is 81.0 Å². The molecule has 0 rings (SSSR count). The van der Waals surface area contributed by atoms with E-state index in [1.54, 1.807) is 0 Å². The van der Waals surface area contributed by atoms with Gasteiger partial charge in [0.25, 0.3) is 10.1 Å². The second-order valence-corrected chi connectivity index (χ2v) is 13.2. The maximum absolute atomic E-state index is 12.4. The predicted octanol–water partition coefficient (Wildman–Crippen LogP) is 8.03. The van der Waals surface area contributed by atoms with Crippen LogP contribution in [0.4, 0.5) is 0 Å². The molecule has 0 bridgehead atoms. The first-order valence-corrected chi connectivity index (χ1v) is 18.7. The van der Waals surface area contributed by atoms with Gasteiger partial charge in [0.15, 0.2) is 5.78 Å². The molecule has 0 aromatic rings. The fourth-order valence-electron chi connectivity index (χ4n) is 4.99. The Morgan fingerprint density at radius 1 is 0.591 bits per heavy atom. The van der Waals surface area contributed by atoms with Crippen LogP contribution in [0.3, 0.4) is 0 Å². The number of carbonyl (C=O) groups excluding carboxylic acids is 2. The number of hydrogen-bond acceptors (Lipinski definition) is 6. The van der Waals surface area contributed by atoms with Crippen LogP contribution in [-0.2, 0) is 29.2 Å². The van der Waals surface area contributed by atoms with Crippen LogP contribution in [0.5, 0.6) is 0 Å². The summed E-state index contributed by atoms with van der Waals surface area (Å²) in [7, 11) is -4.88. The molecule has 0 spiro atoms. The summed E-state index contributed by atoms with van der Waals surface area (Å²) in [6.07, 6.45) is 31.2. The number of esters is 1. The minimum absolute atomic E-state index is 0. The monoisotopic (exact) mass is 664 g/mol. The molecule has 0 aromatic carbocycles. The molecule has 44 heavy (non-hydrogen) atoms. The van der Waals surface area contributed by atoms with Crippen LogP contribution in [-0.4, -0.2) is 109 Å². The van der Waals surface area contributed by atoms with E-state index in [0.29, 0.717) is 13.0 Å². The summed E-state index contributed by atoms with van der Waals surface area (Å²) < 4.78 is 43.3. The Balaban J connectivity index is -0.00000840. The van der Waals surface area contributed by atoms with Crippen molar-refractivity contribution in [3.05, 3.63) is 12.2 Å².